The van der Waals surface area contributed by atoms with Crippen molar-refractivity contribution >= 4 is 5.91 Å². The zero-order chi connectivity index (χ0) is 21.8. The first kappa shape index (κ1) is 21.1. The van der Waals surface area contributed by atoms with Crippen molar-refractivity contribution in [2.75, 3.05) is 26.7 Å². The van der Waals surface area contributed by atoms with E-state index in [0.717, 1.165) is 44.6 Å². The molecule has 0 radical (unpaired) electrons. The van der Waals surface area contributed by atoms with E-state index in [1.807, 2.05) is 32.3 Å². The van der Waals surface area contributed by atoms with Crippen LogP contribution in [0.1, 0.15) is 34.7 Å². The predicted molar refractivity (Wildman–Crippen MR) is 116 cm³/mol. The zero-order valence-electron chi connectivity index (χ0n) is 17.9. The van der Waals surface area contributed by atoms with Gasteiger partial charge in [0.05, 0.1) is 11.4 Å². The smallest absolute Gasteiger partial charge is 0.276 e. The number of likely N-dealkylation sites (tertiary alicyclic amines) is 1. The van der Waals surface area contributed by atoms with E-state index in [1.54, 1.807) is 21.7 Å². The van der Waals surface area contributed by atoms with Gasteiger partial charge in [-0.05, 0) is 56.2 Å². The molecule has 0 aliphatic carbocycles. The van der Waals surface area contributed by atoms with Crippen molar-refractivity contribution in [2.45, 2.75) is 32.2 Å². The van der Waals surface area contributed by atoms with Gasteiger partial charge in [-0.15, -0.1) is 5.10 Å². The lowest BCUT2D eigenvalue weighted by Gasteiger charge is -2.36. The molecule has 1 fully saturated rings. The minimum atomic E-state index is -0.316. The molecule has 1 aliphatic heterocycles. The highest BCUT2D eigenvalue weighted by Crippen LogP contribution is 2.20. The Labute approximate surface area is 181 Å². The SMILES string of the molecule is Cc1c(C(=O)N(C)C2CCN(CCc3ccccn3)CC2)nnn1-c1ccc(F)cc1. The van der Waals surface area contributed by atoms with Gasteiger partial charge in [-0.25, -0.2) is 9.07 Å². The first-order valence-corrected chi connectivity index (χ1v) is 10.6. The largest absolute Gasteiger partial charge is 0.337 e. The van der Waals surface area contributed by atoms with Gasteiger partial charge in [0.1, 0.15) is 5.82 Å². The number of carbonyl (C=O) groups is 1. The summed E-state index contributed by atoms with van der Waals surface area (Å²) in [5, 5.41) is 8.23. The molecule has 3 aromatic rings. The summed E-state index contributed by atoms with van der Waals surface area (Å²) in [5.74, 6) is -0.443. The number of nitrogens with zero attached hydrogens (tertiary/aromatic N) is 6. The van der Waals surface area contributed by atoms with E-state index in [4.69, 9.17) is 0 Å². The summed E-state index contributed by atoms with van der Waals surface area (Å²) in [6.07, 6.45) is 4.62. The van der Waals surface area contributed by atoms with Crippen LogP contribution in [0.3, 0.4) is 0 Å². The van der Waals surface area contributed by atoms with Crippen molar-refractivity contribution in [3.8, 4) is 5.69 Å². The summed E-state index contributed by atoms with van der Waals surface area (Å²) >= 11 is 0. The van der Waals surface area contributed by atoms with Crippen molar-refractivity contribution in [3.05, 3.63) is 71.6 Å². The van der Waals surface area contributed by atoms with E-state index in [1.165, 1.54) is 12.1 Å². The van der Waals surface area contributed by atoms with Gasteiger partial charge in [0.25, 0.3) is 5.91 Å². The summed E-state index contributed by atoms with van der Waals surface area (Å²) in [6, 6.07) is 12.2. The Bertz CT molecular complexity index is 1010. The second-order valence-electron chi connectivity index (χ2n) is 7.97. The molecule has 0 spiro atoms. The van der Waals surface area contributed by atoms with Crippen LogP contribution in [0.25, 0.3) is 5.69 Å². The molecule has 0 bridgehead atoms. The maximum Gasteiger partial charge on any atom is 0.276 e. The summed E-state index contributed by atoms with van der Waals surface area (Å²) in [7, 11) is 1.84. The first-order valence-electron chi connectivity index (χ1n) is 10.6. The minimum absolute atomic E-state index is 0.127. The van der Waals surface area contributed by atoms with Gasteiger partial charge in [0.15, 0.2) is 5.69 Å². The number of hydrogen-bond acceptors (Lipinski definition) is 5. The fourth-order valence-electron chi connectivity index (χ4n) is 4.04. The molecule has 1 amide bonds. The molecule has 1 aliphatic rings. The van der Waals surface area contributed by atoms with Crippen LogP contribution < -0.4 is 0 Å². The number of halogens is 1. The first-order chi connectivity index (χ1) is 15.0. The van der Waals surface area contributed by atoms with Crippen LogP contribution in [0.2, 0.25) is 0 Å². The molecule has 1 aromatic carbocycles. The molecule has 0 saturated carbocycles. The van der Waals surface area contributed by atoms with Crippen LogP contribution >= 0.6 is 0 Å². The van der Waals surface area contributed by atoms with Crippen LogP contribution in [-0.4, -0.2) is 68.4 Å². The molecule has 162 valence electrons. The fraction of sp³-hybridized carbons (Fsp3) is 0.391. The molecule has 31 heavy (non-hydrogen) atoms. The van der Waals surface area contributed by atoms with E-state index >= 15 is 0 Å². The summed E-state index contributed by atoms with van der Waals surface area (Å²) < 4.78 is 14.8. The van der Waals surface area contributed by atoms with Crippen LogP contribution in [-0.2, 0) is 6.42 Å². The molecular formula is C23H27FN6O. The Hall–Kier alpha value is -3.13. The van der Waals surface area contributed by atoms with Gasteiger partial charge < -0.3 is 9.80 Å². The lowest BCUT2D eigenvalue weighted by molar-refractivity contribution is 0.0637. The predicted octanol–water partition coefficient (Wildman–Crippen LogP) is 2.89. The maximum absolute atomic E-state index is 13.2. The van der Waals surface area contributed by atoms with Crippen molar-refractivity contribution in [3.63, 3.8) is 0 Å². The minimum Gasteiger partial charge on any atom is -0.337 e. The average molecular weight is 423 g/mol. The average Bonchev–Trinajstić information content (AvgIpc) is 3.19. The van der Waals surface area contributed by atoms with E-state index in [0.29, 0.717) is 17.1 Å². The van der Waals surface area contributed by atoms with Crippen LogP contribution in [0.15, 0.2) is 48.7 Å². The summed E-state index contributed by atoms with van der Waals surface area (Å²) in [5.41, 5.74) is 2.77. The van der Waals surface area contributed by atoms with Gasteiger partial charge in [-0.1, -0.05) is 11.3 Å². The molecule has 7 nitrogen and oxygen atoms in total. The van der Waals surface area contributed by atoms with E-state index in [2.05, 4.69) is 26.3 Å². The highest BCUT2D eigenvalue weighted by atomic mass is 19.1. The summed E-state index contributed by atoms with van der Waals surface area (Å²) in [6.45, 7) is 4.70. The van der Waals surface area contributed by atoms with E-state index in [-0.39, 0.29) is 17.8 Å². The van der Waals surface area contributed by atoms with Gasteiger partial charge in [0, 0.05) is 51.0 Å². The van der Waals surface area contributed by atoms with Gasteiger partial charge in [-0.3, -0.25) is 9.78 Å². The standard InChI is InChI=1S/C23H27FN6O/c1-17-22(26-27-30(17)21-8-6-18(24)7-9-21)23(31)28(2)20-11-15-29(16-12-20)14-10-19-5-3-4-13-25-19/h3-9,13,20H,10-12,14-16H2,1-2H3. The molecule has 2 aromatic heterocycles. The second-order valence-corrected chi connectivity index (χ2v) is 7.97. The molecule has 4 rings (SSSR count). The van der Waals surface area contributed by atoms with Crippen LogP contribution in [0.4, 0.5) is 4.39 Å². The van der Waals surface area contributed by atoms with Crippen molar-refractivity contribution in [2.24, 2.45) is 0 Å². The number of pyridine rings is 1. The molecular weight excluding hydrogens is 395 g/mol. The van der Waals surface area contributed by atoms with Crippen molar-refractivity contribution in [1.29, 1.82) is 0 Å². The lowest BCUT2D eigenvalue weighted by atomic mass is 10.0. The maximum atomic E-state index is 13.2. The Morgan fingerprint density at radius 1 is 1.16 bits per heavy atom. The monoisotopic (exact) mass is 422 g/mol. The normalized spacial score (nSPS) is 15.2. The molecule has 0 N–H and O–H groups in total. The van der Waals surface area contributed by atoms with E-state index < -0.39 is 0 Å². The molecule has 1 saturated heterocycles. The fourth-order valence-corrected chi connectivity index (χ4v) is 4.04. The highest BCUT2D eigenvalue weighted by molar-refractivity contribution is 5.93. The third-order valence-electron chi connectivity index (χ3n) is 6.00. The Balaban J connectivity index is 1.34. The van der Waals surface area contributed by atoms with Crippen LogP contribution in [0, 0.1) is 12.7 Å². The quantitative estimate of drug-likeness (QED) is 0.611. The number of rotatable bonds is 6. The molecule has 8 heteroatoms. The Morgan fingerprint density at radius 3 is 2.58 bits per heavy atom. The van der Waals surface area contributed by atoms with E-state index in [9.17, 15) is 9.18 Å². The third kappa shape index (κ3) is 4.80. The number of piperidine rings is 1. The molecule has 0 atom stereocenters. The number of amides is 1. The second kappa shape index (κ2) is 9.34. The highest BCUT2D eigenvalue weighted by Gasteiger charge is 2.28. The van der Waals surface area contributed by atoms with Gasteiger partial charge in [-0.2, -0.15) is 0 Å². The van der Waals surface area contributed by atoms with Crippen molar-refractivity contribution in [1.82, 2.24) is 29.8 Å². The van der Waals surface area contributed by atoms with Gasteiger partial charge >= 0.3 is 0 Å². The number of benzene rings is 1. The Morgan fingerprint density at radius 2 is 1.90 bits per heavy atom. The zero-order valence-corrected chi connectivity index (χ0v) is 17.9. The Kier molecular flexibility index (Phi) is 6.36. The number of hydrogen-bond donors (Lipinski definition) is 0. The number of carbonyl (C=O) groups excluding carboxylic acids is 1. The van der Waals surface area contributed by atoms with Crippen LogP contribution in [0.5, 0.6) is 0 Å². The van der Waals surface area contributed by atoms with Crippen molar-refractivity contribution < 1.29 is 9.18 Å². The summed E-state index contributed by atoms with van der Waals surface area (Å²) in [4.78, 5) is 21.7. The molecule has 3 heterocycles. The molecule has 0 unspecified atom stereocenters. The van der Waals surface area contributed by atoms with Gasteiger partial charge in [0.2, 0.25) is 0 Å². The topological polar surface area (TPSA) is 67.2 Å². The number of aromatic nitrogens is 4. The lowest BCUT2D eigenvalue weighted by Crippen LogP contribution is -2.46. The third-order valence-corrected chi connectivity index (χ3v) is 6.00.